The van der Waals surface area contributed by atoms with E-state index in [1.807, 2.05) is 0 Å². The molecule has 0 atom stereocenters. The Hall–Kier alpha value is -0.710. The number of ether oxygens (including phenoxy) is 1. The summed E-state index contributed by atoms with van der Waals surface area (Å²) in [6.07, 6.45) is 0. The van der Waals surface area contributed by atoms with E-state index in [0.717, 1.165) is 0 Å². The quantitative estimate of drug-likeness (QED) is 0.462. The van der Waals surface area contributed by atoms with Gasteiger partial charge < -0.3 is 4.74 Å². The Labute approximate surface area is 94.5 Å². The van der Waals surface area contributed by atoms with Gasteiger partial charge in [0, 0.05) is 0 Å². The van der Waals surface area contributed by atoms with Crippen molar-refractivity contribution < 1.29 is 9.66 Å². The van der Waals surface area contributed by atoms with Crippen molar-refractivity contribution in [1.82, 2.24) is 0 Å². The van der Waals surface area contributed by atoms with Gasteiger partial charge in [0.1, 0.15) is 10.0 Å². The average Bonchev–Trinajstić information content (AvgIpc) is 2.09. The first-order chi connectivity index (χ1) is 6.49. The van der Waals surface area contributed by atoms with E-state index in [9.17, 15) is 10.1 Å². The van der Waals surface area contributed by atoms with Crippen LogP contribution in [0.25, 0.3) is 0 Å². The zero-order valence-corrected chi connectivity index (χ0v) is 9.15. The Balaban J connectivity index is 3.55. The standard InChI is InChI=1S/C7H4Cl3NO3/c1-14-7-5(10)3(8)2-4(9)6(7)11(12)13/h2H,1H3. The number of nitrogens with zero attached hydrogens (tertiary/aromatic N) is 1. The topological polar surface area (TPSA) is 52.4 Å². The van der Waals surface area contributed by atoms with Crippen LogP contribution >= 0.6 is 34.8 Å². The van der Waals surface area contributed by atoms with Gasteiger partial charge in [0.05, 0.1) is 17.1 Å². The highest BCUT2D eigenvalue weighted by atomic mass is 35.5. The van der Waals surface area contributed by atoms with Crippen LogP contribution in [0.1, 0.15) is 0 Å². The summed E-state index contributed by atoms with van der Waals surface area (Å²) in [4.78, 5) is 9.93. The van der Waals surface area contributed by atoms with Gasteiger partial charge in [-0.2, -0.15) is 0 Å². The molecular formula is C7H4Cl3NO3. The molecule has 0 aliphatic rings. The lowest BCUT2D eigenvalue weighted by molar-refractivity contribution is -0.385. The summed E-state index contributed by atoms with van der Waals surface area (Å²) >= 11 is 17.0. The lowest BCUT2D eigenvalue weighted by Crippen LogP contribution is -1.95. The van der Waals surface area contributed by atoms with Crippen LogP contribution < -0.4 is 4.74 Å². The molecule has 0 bridgehead atoms. The van der Waals surface area contributed by atoms with Gasteiger partial charge in [-0.05, 0) is 6.07 Å². The van der Waals surface area contributed by atoms with Gasteiger partial charge in [-0.1, -0.05) is 34.8 Å². The number of hydrogen-bond acceptors (Lipinski definition) is 3. The number of hydrogen-bond donors (Lipinski definition) is 0. The number of rotatable bonds is 2. The SMILES string of the molecule is COc1c(Cl)c(Cl)cc(Cl)c1[N+](=O)[O-]. The summed E-state index contributed by atoms with van der Waals surface area (Å²) in [5.74, 6) is -0.130. The van der Waals surface area contributed by atoms with Crippen LogP contribution in [-0.2, 0) is 0 Å². The highest BCUT2D eigenvalue weighted by molar-refractivity contribution is 6.45. The molecule has 14 heavy (non-hydrogen) atoms. The largest absolute Gasteiger partial charge is 0.489 e. The van der Waals surface area contributed by atoms with Gasteiger partial charge in [-0.3, -0.25) is 10.1 Å². The van der Waals surface area contributed by atoms with Crippen LogP contribution in [0.4, 0.5) is 5.69 Å². The highest BCUT2D eigenvalue weighted by Gasteiger charge is 2.25. The van der Waals surface area contributed by atoms with Crippen LogP contribution in [0.15, 0.2) is 6.07 Å². The fourth-order valence-corrected chi connectivity index (χ4v) is 1.66. The monoisotopic (exact) mass is 255 g/mol. The predicted octanol–water partition coefficient (Wildman–Crippen LogP) is 3.56. The van der Waals surface area contributed by atoms with Crippen molar-refractivity contribution in [2.75, 3.05) is 7.11 Å². The highest BCUT2D eigenvalue weighted by Crippen LogP contribution is 2.44. The molecule has 0 heterocycles. The molecule has 0 unspecified atom stereocenters. The van der Waals surface area contributed by atoms with E-state index in [1.54, 1.807) is 0 Å². The maximum atomic E-state index is 10.6. The predicted molar refractivity (Wildman–Crippen MR) is 54.7 cm³/mol. The smallest absolute Gasteiger partial charge is 0.331 e. The summed E-state index contributed by atoms with van der Waals surface area (Å²) in [6, 6.07) is 1.20. The molecule has 0 radical (unpaired) electrons. The summed E-state index contributed by atoms with van der Waals surface area (Å²) in [6.45, 7) is 0. The van der Waals surface area contributed by atoms with E-state index in [0.29, 0.717) is 0 Å². The molecule has 4 nitrogen and oxygen atoms in total. The second-order valence-electron chi connectivity index (χ2n) is 2.29. The number of benzene rings is 1. The van der Waals surface area contributed by atoms with Gasteiger partial charge in [0.25, 0.3) is 0 Å². The second-order valence-corrected chi connectivity index (χ2v) is 3.49. The number of nitro benzene ring substituents is 1. The number of nitro groups is 1. The maximum absolute atomic E-state index is 10.6. The molecule has 7 heteroatoms. The zero-order valence-electron chi connectivity index (χ0n) is 6.88. The lowest BCUT2D eigenvalue weighted by atomic mass is 10.3. The molecule has 0 aromatic heterocycles. The molecular weight excluding hydrogens is 252 g/mol. The van der Waals surface area contributed by atoms with Gasteiger partial charge in [0.2, 0.25) is 5.75 Å². The molecule has 0 aliphatic carbocycles. The second kappa shape index (κ2) is 4.21. The van der Waals surface area contributed by atoms with Crippen LogP contribution in [0.3, 0.4) is 0 Å². The minimum Gasteiger partial charge on any atom is -0.489 e. The third-order valence-corrected chi connectivity index (χ3v) is 2.55. The van der Waals surface area contributed by atoms with E-state index in [1.165, 1.54) is 13.2 Å². The Bertz CT molecular complexity index is 394. The van der Waals surface area contributed by atoms with Gasteiger partial charge >= 0.3 is 5.69 Å². The van der Waals surface area contributed by atoms with Crippen LogP contribution in [0, 0.1) is 10.1 Å². The van der Waals surface area contributed by atoms with Crippen molar-refractivity contribution in [3.63, 3.8) is 0 Å². The van der Waals surface area contributed by atoms with Crippen LogP contribution in [-0.4, -0.2) is 12.0 Å². The maximum Gasteiger partial charge on any atom is 0.331 e. The van der Waals surface area contributed by atoms with Crippen molar-refractivity contribution in [3.8, 4) is 5.75 Å². The summed E-state index contributed by atoms with van der Waals surface area (Å²) < 4.78 is 4.76. The molecule has 0 aliphatic heterocycles. The van der Waals surface area contributed by atoms with E-state index in [4.69, 9.17) is 39.5 Å². The third kappa shape index (κ3) is 1.87. The first kappa shape index (κ1) is 11.4. The third-order valence-electron chi connectivity index (χ3n) is 1.49. The van der Waals surface area contributed by atoms with Crippen molar-refractivity contribution in [2.45, 2.75) is 0 Å². The summed E-state index contributed by atoms with van der Waals surface area (Å²) in [5, 5.41) is 10.6. The molecule has 0 amide bonds. The molecule has 0 spiro atoms. The van der Waals surface area contributed by atoms with Gasteiger partial charge in [0.15, 0.2) is 0 Å². The van der Waals surface area contributed by atoms with E-state index in [2.05, 4.69) is 0 Å². The van der Waals surface area contributed by atoms with Crippen molar-refractivity contribution in [2.24, 2.45) is 0 Å². The zero-order chi connectivity index (χ0) is 10.9. The summed E-state index contributed by atoms with van der Waals surface area (Å²) in [5.41, 5.74) is -0.386. The van der Waals surface area contributed by atoms with E-state index in [-0.39, 0.29) is 26.5 Å². The molecule has 1 aromatic rings. The average molecular weight is 256 g/mol. The van der Waals surface area contributed by atoms with Crippen LogP contribution in [0.5, 0.6) is 5.75 Å². The molecule has 0 saturated carbocycles. The van der Waals surface area contributed by atoms with E-state index < -0.39 is 4.92 Å². The fraction of sp³-hybridized carbons (Fsp3) is 0.143. The first-order valence-corrected chi connectivity index (χ1v) is 4.48. The minimum atomic E-state index is -0.677. The molecule has 0 saturated heterocycles. The Kier molecular flexibility index (Phi) is 3.42. The van der Waals surface area contributed by atoms with Gasteiger partial charge in [-0.25, -0.2) is 0 Å². The van der Waals surface area contributed by atoms with Crippen LogP contribution in [0.2, 0.25) is 15.1 Å². The Morgan fingerprint density at radius 3 is 2.36 bits per heavy atom. The minimum absolute atomic E-state index is 0.0229. The van der Waals surface area contributed by atoms with Gasteiger partial charge in [-0.15, -0.1) is 0 Å². The summed E-state index contributed by atoms with van der Waals surface area (Å²) in [7, 11) is 1.25. The number of methoxy groups -OCH3 is 1. The van der Waals surface area contributed by atoms with Crippen molar-refractivity contribution in [1.29, 1.82) is 0 Å². The van der Waals surface area contributed by atoms with E-state index >= 15 is 0 Å². The fourth-order valence-electron chi connectivity index (χ4n) is 0.920. The normalized spacial score (nSPS) is 10.0. The first-order valence-electron chi connectivity index (χ1n) is 3.35. The van der Waals surface area contributed by atoms with Crippen molar-refractivity contribution in [3.05, 3.63) is 31.2 Å². The molecule has 0 fully saturated rings. The number of halogens is 3. The molecule has 76 valence electrons. The van der Waals surface area contributed by atoms with Crippen molar-refractivity contribution >= 4 is 40.5 Å². The Morgan fingerprint density at radius 1 is 1.36 bits per heavy atom. The molecule has 1 rings (SSSR count). The Morgan fingerprint density at radius 2 is 1.93 bits per heavy atom. The molecule has 0 N–H and O–H groups in total. The molecule has 1 aromatic carbocycles. The lowest BCUT2D eigenvalue weighted by Gasteiger charge is -2.06.